The van der Waals surface area contributed by atoms with Crippen LogP contribution in [-0.2, 0) is 12.8 Å². The maximum atomic E-state index is 13.6. The zero-order valence-corrected chi connectivity index (χ0v) is 18.9. The number of aromatic nitrogens is 4. The van der Waals surface area contributed by atoms with E-state index in [4.69, 9.17) is 11.6 Å². The highest BCUT2D eigenvalue weighted by molar-refractivity contribution is 6.29. The predicted molar refractivity (Wildman–Crippen MR) is 129 cm³/mol. The van der Waals surface area contributed by atoms with Gasteiger partial charge in [-0.05, 0) is 55.9 Å². The second-order valence-corrected chi connectivity index (χ2v) is 9.27. The minimum atomic E-state index is -0.433. The van der Waals surface area contributed by atoms with Gasteiger partial charge in [-0.15, -0.1) is 0 Å². The van der Waals surface area contributed by atoms with Crippen molar-refractivity contribution >= 4 is 34.0 Å². The average molecular weight is 463 g/mol. The van der Waals surface area contributed by atoms with Gasteiger partial charge in [0.25, 0.3) is 0 Å². The number of hydrogen-bond donors (Lipinski definition) is 2. The summed E-state index contributed by atoms with van der Waals surface area (Å²) in [5.41, 5.74) is 5.72. The molecule has 168 valence electrons. The molecular weight excluding hydrogens is 439 g/mol. The summed E-state index contributed by atoms with van der Waals surface area (Å²) < 4.78 is 13.6. The molecule has 4 aromatic rings. The first kappa shape index (κ1) is 20.4. The Kier molecular flexibility index (Phi) is 5.14. The summed E-state index contributed by atoms with van der Waals surface area (Å²) in [5, 5.41) is 5.13. The summed E-state index contributed by atoms with van der Waals surface area (Å²) in [5.74, 6) is 0.562. The number of nitrogens with one attached hydrogen (secondary N) is 2. The van der Waals surface area contributed by atoms with Crippen LogP contribution < -0.4 is 10.2 Å². The summed E-state index contributed by atoms with van der Waals surface area (Å²) in [6, 6.07) is 10.1. The van der Waals surface area contributed by atoms with Crippen LogP contribution in [0.4, 0.5) is 15.9 Å². The predicted octanol–water partition coefficient (Wildman–Crippen LogP) is 5.38. The molecule has 3 aromatic heterocycles. The van der Waals surface area contributed by atoms with Gasteiger partial charge in [0.15, 0.2) is 5.82 Å². The SMILES string of the molecule is Fc1cncc(-c2nc(Cl)cc(N[C@@H]3CCc4[nH]c5cc(N6CCCC6)ccc5c4C3)n2)c1. The van der Waals surface area contributed by atoms with Crippen molar-refractivity contribution in [2.75, 3.05) is 23.3 Å². The van der Waals surface area contributed by atoms with Gasteiger partial charge >= 0.3 is 0 Å². The van der Waals surface area contributed by atoms with Crippen molar-refractivity contribution in [3.8, 4) is 11.4 Å². The van der Waals surface area contributed by atoms with E-state index < -0.39 is 5.82 Å². The molecule has 1 aliphatic heterocycles. The fourth-order valence-electron chi connectivity index (χ4n) is 5.07. The number of halogens is 2. The molecular formula is C25H24ClFN6. The Hall–Kier alpha value is -3.19. The maximum Gasteiger partial charge on any atom is 0.164 e. The number of anilines is 2. The summed E-state index contributed by atoms with van der Waals surface area (Å²) in [4.78, 5) is 18.8. The topological polar surface area (TPSA) is 69.7 Å². The fourth-order valence-corrected chi connectivity index (χ4v) is 5.26. The first-order valence-electron chi connectivity index (χ1n) is 11.4. The van der Waals surface area contributed by atoms with Gasteiger partial charge in [-0.25, -0.2) is 14.4 Å². The lowest BCUT2D eigenvalue weighted by molar-refractivity contribution is 0.605. The van der Waals surface area contributed by atoms with Crippen molar-refractivity contribution in [3.63, 3.8) is 0 Å². The number of aryl methyl sites for hydroxylation is 1. The van der Waals surface area contributed by atoms with Gasteiger partial charge in [0.05, 0.1) is 6.20 Å². The van der Waals surface area contributed by atoms with Crippen LogP contribution in [0, 0.1) is 5.82 Å². The quantitative estimate of drug-likeness (QED) is 0.398. The van der Waals surface area contributed by atoms with E-state index in [1.54, 1.807) is 6.07 Å². The molecule has 0 radical (unpaired) electrons. The van der Waals surface area contributed by atoms with Gasteiger partial charge in [0.1, 0.15) is 16.8 Å². The molecule has 6 nitrogen and oxygen atoms in total. The molecule has 0 spiro atoms. The van der Waals surface area contributed by atoms with Gasteiger partial charge in [-0.2, -0.15) is 0 Å². The van der Waals surface area contributed by atoms with Crippen LogP contribution >= 0.6 is 11.6 Å². The Labute approximate surface area is 196 Å². The van der Waals surface area contributed by atoms with Crippen molar-refractivity contribution in [1.82, 2.24) is 19.9 Å². The van der Waals surface area contributed by atoms with Crippen molar-refractivity contribution in [2.45, 2.75) is 38.1 Å². The van der Waals surface area contributed by atoms with Crippen molar-refractivity contribution in [2.24, 2.45) is 0 Å². The third kappa shape index (κ3) is 4.02. The van der Waals surface area contributed by atoms with Crippen LogP contribution in [-0.4, -0.2) is 39.1 Å². The number of nitrogens with zero attached hydrogens (tertiary/aromatic N) is 4. The van der Waals surface area contributed by atoms with Gasteiger partial charge < -0.3 is 15.2 Å². The van der Waals surface area contributed by atoms with Gasteiger partial charge in [-0.3, -0.25) is 4.98 Å². The van der Waals surface area contributed by atoms with E-state index in [2.05, 4.69) is 48.4 Å². The Morgan fingerprint density at radius 2 is 1.97 bits per heavy atom. The first-order valence-corrected chi connectivity index (χ1v) is 11.8. The smallest absolute Gasteiger partial charge is 0.164 e. The third-order valence-corrected chi connectivity index (χ3v) is 6.85. The number of H-pyrrole nitrogens is 1. The van der Waals surface area contributed by atoms with E-state index in [0.717, 1.165) is 38.5 Å². The normalized spacial score (nSPS) is 18.0. The van der Waals surface area contributed by atoms with Crippen LogP contribution in [0.3, 0.4) is 0 Å². The highest BCUT2D eigenvalue weighted by atomic mass is 35.5. The summed E-state index contributed by atoms with van der Waals surface area (Å²) in [6.07, 6.45) is 8.10. The van der Waals surface area contributed by atoms with Gasteiger partial charge in [0.2, 0.25) is 0 Å². The molecule has 1 aromatic carbocycles. The molecule has 1 atom stereocenters. The number of fused-ring (bicyclic) bond motifs is 3. The van der Waals surface area contributed by atoms with Crippen LogP contribution in [0.1, 0.15) is 30.5 Å². The minimum Gasteiger partial charge on any atom is -0.371 e. The standard InChI is InChI=1S/C25H24ClFN6/c26-23-12-24(32-25(31-23)15-9-16(27)14-28-13-15)29-17-3-6-21-20(10-17)19-5-4-18(11-22(19)30-21)33-7-1-2-8-33/h4-5,9,11-14,17,30H,1-3,6-8,10H2,(H,29,31,32)/t17-/m1/s1. The lowest BCUT2D eigenvalue weighted by Gasteiger charge is -2.24. The summed E-state index contributed by atoms with van der Waals surface area (Å²) in [7, 11) is 0. The van der Waals surface area contributed by atoms with Gasteiger partial charge in [0, 0.05) is 59.2 Å². The second-order valence-electron chi connectivity index (χ2n) is 8.88. The average Bonchev–Trinajstić information content (AvgIpc) is 3.46. The largest absolute Gasteiger partial charge is 0.371 e. The third-order valence-electron chi connectivity index (χ3n) is 6.65. The molecule has 1 aliphatic carbocycles. The van der Waals surface area contributed by atoms with Crippen molar-refractivity contribution < 1.29 is 4.39 Å². The Morgan fingerprint density at radius 1 is 1.09 bits per heavy atom. The number of hydrogen-bond acceptors (Lipinski definition) is 5. The number of aromatic amines is 1. The molecule has 1 saturated heterocycles. The van der Waals surface area contributed by atoms with E-state index in [1.807, 2.05) is 0 Å². The van der Waals surface area contributed by atoms with E-state index in [9.17, 15) is 4.39 Å². The highest BCUT2D eigenvalue weighted by Gasteiger charge is 2.24. The molecule has 0 bridgehead atoms. The summed E-state index contributed by atoms with van der Waals surface area (Å²) >= 11 is 6.25. The van der Waals surface area contributed by atoms with E-state index in [0.29, 0.717) is 22.4 Å². The Morgan fingerprint density at radius 3 is 2.82 bits per heavy atom. The second kappa shape index (κ2) is 8.30. The molecule has 0 unspecified atom stereocenters. The van der Waals surface area contributed by atoms with E-state index in [1.165, 1.54) is 53.0 Å². The van der Waals surface area contributed by atoms with Crippen molar-refractivity contribution in [3.05, 3.63) is 65.0 Å². The summed E-state index contributed by atoms with van der Waals surface area (Å²) in [6.45, 7) is 2.29. The minimum absolute atomic E-state index is 0.221. The molecule has 2 aliphatic rings. The lowest BCUT2D eigenvalue weighted by atomic mass is 9.91. The van der Waals surface area contributed by atoms with Crippen molar-refractivity contribution in [1.29, 1.82) is 0 Å². The zero-order valence-electron chi connectivity index (χ0n) is 18.1. The number of pyridine rings is 1. The van der Waals surface area contributed by atoms with Crippen LogP contribution in [0.2, 0.25) is 5.15 Å². The fraction of sp³-hybridized carbons (Fsp3) is 0.320. The van der Waals surface area contributed by atoms with Gasteiger partial charge in [-0.1, -0.05) is 17.7 Å². The molecule has 33 heavy (non-hydrogen) atoms. The molecule has 1 fully saturated rings. The molecule has 6 rings (SSSR count). The molecule has 4 heterocycles. The van der Waals surface area contributed by atoms with Crippen LogP contribution in [0.5, 0.6) is 0 Å². The Balaban J connectivity index is 1.24. The maximum absolute atomic E-state index is 13.6. The van der Waals surface area contributed by atoms with Crippen LogP contribution in [0.15, 0.2) is 42.7 Å². The first-order chi connectivity index (χ1) is 16.1. The molecule has 2 N–H and O–H groups in total. The molecule has 0 amide bonds. The monoisotopic (exact) mass is 462 g/mol. The Bertz CT molecular complexity index is 1330. The zero-order chi connectivity index (χ0) is 22.4. The molecule has 8 heteroatoms. The molecule has 0 saturated carbocycles. The lowest BCUT2D eigenvalue weighted by Crippen LogP contribution is -2.27. The highest BCUT2D eigenvalue weighted by Crippen LogP contribution is 2.33. The number of rotatable bonds is 4. The van der Waals surface area contributed by atoms with E-state index in [-0.39, 0.29) is 6.04 Å². The van der Waals surface area contributed by atoms with E-state index >= 15 is 0 Å². The number of benzene rings is 1. The van der Waals surface area contributed by atoms with Crippen LogP contribution in [0.25, 0.3) is 22.3 Å².